The van der Waals surface area contributed by atoms with Gasteiger partial charge < -0.3 is 24.4 Å². The summed E-state index contributed by atoms with van der Waals surface area (Å²) >= 11 is 0. The normalized spacial score (nSPS) is 16.8. The standard InChI is InChI=1S/C47H86N2O7/c1-6-8-10-12-14-16-18-20-22-24-26-28-30-32-35-49(36-33-31-29-27-25-23-21-19-17-15-13-11-9-7-2)37-34-48-47(53)43-38-44(54-40(3)50)46(56-42(5)52)45(39-43)55-41(4)51/h38,44-46H,6-37,39H2,1-5H3,(H,48,53)/t44-,45-,46-/m1/s1. The van der Waals surface area contributed by atoms with Crippen LogP contribution in [0, 0.1) is 0 Å². The molecule has 1 N–H and O–H groups in total. The molecule has 9 nitrogen and oxygen atoms in total. The van der Waals surface area contributed by atoms with Gasteiger partial charge in [-0.3, -0.25) is 19.2 Å². The average Bonchev–Trinajstić information content (AvgIpc) is 3.15. The van der Waals surface area contributed by atoms with Gasteiger partial charge in [0, 0.05) is 45.9 Å². The van der Waals surface area contributed by atoms with E-state index >= 15 is 0 Å². The summed E-state index contributed by atoms with van der Waals surface area (Å²) in [6, 6.07) is 0. The van der Waals surface area contributed by atoms with Gasteiger partial charge >= 0.3 is 17.9 Å². The van der Waals surface area contributed by atoms with Crippen LogP contribution in [0.15, 0.2) is 11.6 Å². The Labute approximate surface area is 343 Å². The third kappa shape index (κ3) is 28.9. The monoisotopic (exact) mass is 791 g/mol. The van der Waals surface area contributed by atoms with E-state index in [0.29, 0.717) is 12.1 Å². The van der Waals surface area contributed by atoms with Crippen LogP contribution in [-0.2, 0) is 33.4 Å². The van der Waals surface area contributed by atoms with E-state index in [1.807, 2.05) is 0 Å². The minimum absolute atomic E-state index is 0.0585. The molecule has 0 aromatic heterocycles. The lowest BCUT2D eigenvalue weighted by molar-refractivity contribution is -0.180. The van der Waals surface area contributed by atoms with E-state index in [2.05, 4.69) is 24.1 Å². The van der Waals surface area contributed by atoms with Gasteiger partial charge in [0.1, 0.15) is 6.10 Å². The van der Waals surface area contributed by atoms with Gasteiger partial charge in [0.15, 0.2) is 12.2 Å². The second-order valence-corrected chi connectivity index (χ2v) is 16.5. The maximum absolute atomic E-state index is 13.4. The van der Waals surface area contributed by atoms with Gasteiger partial charge in [-0.15, -0.1) is 0 Å². The van der Waals surface area contributed by atoms with Gasteiger partial charge in [-0.05, 0) is 32.0 Å². The van der Waals surface area contributed by atoms with Crippen molar-refractivity contribution in [3.8, 4) is 0 Å². The molecule has 326 valence electrons. The Morgan fingerprint density at radius 2 is 0.875 bits per heavy atom. The summed E-state index contributed by atoms with van der Waals surface area (Å²) in [5, 5.41) is 3.05. The van der Waals surface area contributed by atoms with E-state index in [0.717, 1.165) is 19.6 Å². The summed E-state index contributed by atoms with van der Waals surface area (Å²) in [6.07, 6.45) is 36.2. The third-order valence-corrected chi connectivity index (χ3v) is 11.1. The van der Waals surface area contributed by atoms with Crippen LogP contribution in [0.4, 0.5) is 0 Å². The van der Waals surface area contributed by atoms with Gasteiger partial charge in [0.25, 0.3) is 0 Å². The van der Waals surface area contributed by atoms with Crippen molar-refractivity contribution in [2.75, 3.05) is 26.2 Å². The van der Waals surface area contributed by atoms with Crippen LogP contribution < -0.4 is 5.32 Å². The topological polar surface area (TPSA) is 111 Å². The predicted molar refractivity (Wildman–Crippen MR) is 229 cm³/mol. The molecule has 0 aliphatic heterocycles. The first-order valence-corrected chi connectivity index (χ1v) is 23.4. The number of hydrogen-bond acceptors (Lipinski definition) is 8. The van der Waals surface area contributed by atoms with Crippen LogP contribution in [0.3, 0.4) is 0 Å². The number of carbonyl (C=O) groups is 4. The van der Waals surface area contributed by atoms with Crippen molar-refractivity contribution in [1.29, 1.82) is 0 Å². The third-order valence-electron chi connectivity index (χ3n) is 11.1. The van der Waals surface area contributed by atoms with Crippen LogP contribution in [0.25, 0.3) is 0 Å². The van der Waals surface area contributed by atoms with Gasteiger partial charge in [0.2, 0.25) is 5.91 Å². The summed E-state index contributed by atoms with van der Waals surface area (Å²) in [6.45, 7) is 11.6. The zero-order valence-corrected chi connectivity index (χ0v) is 36.9. The highest BCUT2D eigenvalue weighted by atomic mass is 16.6. The van der Waals surface area contributed by atoms with E-state index in [1.165, 1.54) is 207 Å². The molecule has 9 heteroatoms. The summed E-state index contributed by atoms with van der Waals surface area (Å²) in [5.74, 6) is -2.05. The Bertz CT molecular complexity index is 1020. The summed E-state index contributed by atoms with van der Waals surface area (Å²) in [5.41, 5.74) is 0.344. The number of hydrogen-bond donors (Lipinski definition) is 1. The molecule has 0 unspecified atom stereocenters. The van der Waals surface area contributed by atoms with Crippen molar-refractivity contribution in [3.63, 3.8) is 0 Å². The maximum atomic E-state index is 13.4. The molecular formula is C47H86N2O7. The van der Waals surface area contributed by atoms with Gasteiger partial charge in [-0.25, -0.2) is 0 Å². The van der Waals surface area contributed by atoms with E-state index in [9.17, 15) is 19.2 Å². The highest BCUT2D eigenvalue weighted by Crippen LogP contribution is 2.27. The summed E-state index contributed by atoms with van der Waals surface area (Å²) in [7, 11) is 0. The van der Waals surface area contributed by atoms with Crippen molar-refractivity contribution < 1.29 is 33.4 Å². The van der Waals surface area contributed by atoms with Crippen molar-refractivity contribution >= 4 is 23.8 Å². The molecule has 3 atom stereocenters. The number of nitrogens with zero attached hydrogens (tertiary/aromatic N) is 1. The highest BCUT2D eigenvalue weighted by molar-refractivity contribution is 5.94. The second kappa shape index (κ2) is 35.7. The Balaban J connectivity index is 2.55. The zero-order valence-electron chi connectivity index (χ0n) is 36.9. The first-order valence-electron chi connectivity index (χ1n) is 23.4. The number of unbranched alkanes of at least 4 members (excludes halogenated alkanes) is 26. The van der Waals surface area contributed by atoms with Crippen molar-refractivity contribution in [2.24, 2.45) is 0 Å². The lowest BCUT2D eigenvalue weighted by Crippen LogP contribution is -2.48. The lowest BCUT2D eigenvalue weighted by atomic mass is 9.91. The first kappa shape index (κ1) is 51.6. The van der Waals surface area contributed by atoms with E-state index in [-0.39, 0.29) is 12.3 Å². The Morgan fingerprint density at radius 1 is 0.518 bits per heavy atom. The Hall–Kier alpha value is -2.42. The van der Waals surface area contributed by atoms with Crippen LogP contribution in [0.1, 0.15) is 221 Å². The number of carbonyl (C=O) groups excluding carboxylic acids is 4. The minimum atomic E-state index is -1.03. The van der Waals surface area contributed by atoms with Crippen LogP contribution in [-0.4, -0.2) is 73.2 Å². The molecule has 0 aromatic carbocycles. The predicted octanol–water partition coefficient (Wildman–Crippen LogP) is 11.5. The Kier molecular flexibility index (Phi) is 32.9. The SMILES string of the molecule is CCCCCCCCCCCCCCCCN(CCCCCCCCCCCCCCCC)CCNC(=O)C1=C[C@@H](OC(C)=O)[C@@H](OC(C)=O)[C@H](OC(C)=O)C1. The summed E-state index contributed by atoms with van der Waals surface area (Å²) < 4.78 is 16.2. The molecule has 0 saturated heterocycles. The fraction of sp³-hybridized carbons (Fsp3) is 0.872. The van der Waals surface area contributed by atoms with E-state index < -0.39 is 36.2 Å². The molecule has 0 aromatic rings. The van der Waals surface area contributed by atoms with Crippen molar-refractivity contribution in [1.82, 2.24) is 10.2 Å². The van der Waals surface area contributed by atoms with Crippen LogP contribution in [0.2, 0.25) is 0 Å². The molecule has 0 saturated carbocycles. The number of amides is 1. The van der Waals surface area contributed by atoms with Gasteiger partial charge in [-0.2, -0.15) is 0 Å². The number of esters is 3. The molecule has 1 aliphatic rings. The molecule has 0 spiro atoms. The molecule has 0 radical (unpaired) electrons. The fourth-order valence-corrected chi connectivity index (χ4v) is 7.86. The molecular weight excluding hydrogens is 705 g/mol. The van der Waals surface area contributed by atoms with Gasteiger partial charge in [0.05, 0.1) is 0 Å². The zero-order chi connectivity index (χ0) is 41.1. The number of nitrogens with one attached hydrogen (secondary N) is 1. The lowest BCUT2D eigenvalue weighted by Gasteiger charge is -2.34. The average molecular weight is 791 g/mol. The fourth-order valence-electron chi connectivity index (χ4n) is 7.86. The van der Waals surface area contributed by atoms with Crippen LogP contribution in [0.5, 0.6) is 0 Å². The van der Waals surface area contributed by atoms with Crippen LogP contribution >= 0.6 is 0 Å². The maximum Gasteiger partial charge on any atom is 0.303 e. The van der Waals surface area contributed by atoms with Crippen molar-refractivity contribution in [3.05, 3.63) is 11.6 Å². The largest absolute Gasteiger partial charge is 0.458 e. The minimum Gasteiger partial charge on any atom is -0.458 e. The highest BCUT2D eigenvalue weighted by Gasteiger charge is 2.41. The number of ether oxygens (including phenoxy) is 3. The second-order valence-electron chi connectivity index (χ2n) is 16.5. The number of rotatable bonds is 37. The van der Waals surface area contributed by atoms with Crippen molar-refractivity contribution in [2.45, 2.75) is 239 Å². The molecule has 1 aliphatic carbocycles. The molecule has 0 heterocycles. The molecule has 0 bridgehead atoms. The van der Waals surface area contributed by atoms with E-state index in [4.69, 9.17) is 14.2 Å². The van der Waals surface area contributed by atoms with Gasteiger partial charge in [-0.1, -0.05) is 181 Å². The molecule has 1 amide bonds. The summed E-state index contributed by atoms with van der Waals surface area (Å²) in [4.78, 5) is 51.5. The smallest absolute Gasteiger partial charge is 0.303 e. The molecule has 56 heavy (non-hydrogen) atoms. The first-order chi connectivity index (χ1) is 27.2. The van der Waals surface area contributed by atoms with E-state index in [1.54, 1.807) is 0 Å². The Morgan fingerprint density at radius 3 is 1.23 bits per heavy atom. The quantitative estimate of drug-likeness (QED) is 0.0376. The molecule has 0 fully saturated rings. The molecule has 1 rings (SSSR count).